The predicted molar refractivity (Wildman–Crippen MR) is 188 cm³/mol. The third-order valence-corrected chi connectivity index (χ3v) is 10.9. The summed E-state index contributed by atoms with van der Waals surface area (Å²) in [6.45, 7) is -0.615. The molecule has 11 heteroatoms. The summed E-state index contributed by atoms with van der Waals surface area (Å²) in [5.74, 6) is -0.877. The monoisotopic (exact) mass is 711 g/mol. The average molecular weight is 713 g/mol. The Bertz CT molecular complexity index is 1780. The SMILES string of the molecule is O=C(NC1CCCCC1)[C@H](Cc1ccccc1)N(Cc1ccccc1Cl)C(=O)CN(c1cccc(Cl)c1)S(=O)(=O)c1ccc(Cl)cc1. The Hall–Kier alpha value is -3.56. The molecule has 1 atom stereocenters. The maximum atomic E-state index is 14.6. The molecule has 246 valence electrons. The van der Waals surface area contributed by atoms with Gasteiger partial charge >= 0.3 is 0 Å². The highest BCUT2D eigenvalue weighted by molar-refractivity contribution is 7.92. The molecule has 7 nitrogen and oxygen atoms in total. The summed E-state index contributed by atoms with van der Waals surface area (Å²) in [6.07, 6.45) is 5.12. The van der Waals surface area contributed by atoms with Crippen molar-refractivity contribution in [3.63, 3.8) is 0 Å². The van der Waals surface area contributed by atoms with E-state index in [1.54, 1.807) is 42.5 Å². The van der Waals surface area contributed by atoms with Gasteiger partial charge in [0.15, 0.2) is 0 Å². The number of rotatable bonds is 12. The zero-order valence-electron chi connectivity index (χ0n) is 25.7. The number of anilines is 1. The topological polar surface area (TPSA) is 86.8 Å². The summed E-state index contributed by atoms with van der Waals surface area (Å²) < 4.78 is 29.3. The third kappa shape index (κ3) is 9.08. The van der Waals surface area contributed by atoms with Crippen LogP contribution in [0, 0.1) is 0 Å². The van der Waals surface area contributed by atoms with Crippen molar-refractivity contribution in [1.82, 2.24) is 10.2 Å². The van der Waals surface area contributed by atoms with Gasteiger partial charge in [-0.05, 0) is 72.5 Å². The molecule has 1 aliphatic carbocycles. The summed E-state index contributed by atoms with van der Waals surface area (Å²) in [5.41, 5.74) is 1.68. The van der Waals surface area contributed by atoms with Crippen molar-refractivity contribution in [2.24, 2.45) is 0 Å². The molecule has 1 N–H and O–H groups in total. The number of amides is 2. The van der Waals surface area contributed by atoms with Gasteiger partial charge in [0.25, 0.3) is 10.0 Å². The summed E-state index contributed by atoms with van der Waals surface area (Å²) in [5, 5.41) is 4.30. The van der Waals surface area contributed by atoms with Crippen LogP contribution in [0.1, 0.15) is 43.2 Å². The fourth-order valence-corrected chi connectivity index (χ4v) is 7.71. The molecular formula is C36H36Cl3N3O4S. The molecule has 0 unspecified atom stereocenters. The van der Waals surface area contributed by atoms with Crippen molar-refractivity contribution in [2.45, 2.75) is 62.0 Å². The number of halogens is 3. The number of carbonyl (C=O) groups excluding carboxylic acids is 2. The van der Waals surface area contributed by atoms with Crippen molar-refractivity contribution in [2.75, 3.05) is 10.8 Å². The molecule has 5 rings (SSSR count). The number of hydrogen-bond donors (Lipinski definition) is 1. The molecule has 2 amide bonds. The van der Waals surface area contributed by atoms with E-state index in [-0.39, 0.29) is 35.5 Å². The molecule has 0 bridgehead atoms. The Morgan fingerprint density at radius 2 is 1.47 bits per heavy atom. The van der Waals surface area contributed by atoms with Crippen LogP contribution in [-0.4, -0.2) is 43.8 Å². The van der Waals surface area contributed by atoms with Gasteiger partial charge in [-0.25, -0.2) is 8.42 Å². The van der Waals surface area contributed by atoms with E-state index in [1.165, 1.54) is 35.2 Å². The normalized spacial score (nSPS) is 14.3. The first-order valence-corrected chi connectivity index (χ1v) is 18.1. The van der Waals surface area contributed by atoms with Crippen LogP contribution < -0.4 is 9.62 Å². The highest BCUT2D eigenvalue weighted by Gasteiger charge is 2.35. The van der Waals surface area contributed by atoms with Crippen LogP contribution in [0.4, 0.5) is 5.69 Å². The molecule has 0 spiro atoms. The smallest absolute Gasteiger partial charge is 0.264 e. The molecule has 1 aliphatic rings. The van der Waals surface area contributed by atoms with Gasteiger partial charge in [0, 0.05) is 34.1 Å². The van der Waals surface area contributed by atoms with Crippen molar-refractivity contribution in [1.29, 1.82) is 0 Å². The zero-order valence-corrected chi connectivity index (χ0v) is 28.8. The van der Waals surface area contributed by atoms with Gasteiger partial charge in [0.2, 0.25) is 11.8 Å². The van der Waals surface area contributed by atoms with Crippen LogP contribution in [0.2, 0.25) is 15.1 Å². The van der Waals surface area contributed by atoms with Crippen LogP contribution >= 0.6 is 34.8 Å². The summed E-state index contributed by atoms with van der Waals surface area (Å²) in [6, 6.07) is 27.6. The van der Waals surface area contributed by atoms with E-state index < -0.39 is 28.5 Å². The first-order chi connectivity index (χ1) is 22.6. The van der Waals surface area contributed by atoms with Gasteiger partial charge in [-0.1, -0.05) is 109 Å². The van der Waals surface area contributed by atoms with Gasteiger partial charge in [-0.2, -0.15) is 0 Å². The van der Waals surface area contributed by atoms with Gasteiger partial charge in [-0.3, -0.25) is 13.9 Å². The van der Waals surface area contributed by atoms with Crippen LogP contribution in [0.5, 0.6) is 0 Å². The Morgan fingerprint density at radius 1 is 0.787 bits per heavy atom. The van der Waals surface area contributed by atoms with E-state index in [2.05, 4.69) is 5.32 Å². The zero-order chi connectivity index (χ0) is 33.4. The minimum atomic E-state index is -4.28. The van der Waals surface area contributed by atoms with Gasteiger partial charge in [0.1, 0.15) is 12.6 Å². The lowest BCUT2D eigenvalue weighted by Crippen LogP contribution is -2.55. The maximum Gasteiger partial charge on any atom is 0.264 e. The lowest BCUT2D eigenvalue weighted by Gasteiger charge is -2.35. The third-order valence-electron chi connectivity index (χ3n) is 8.30. The quantitative estimate of drug-likeness (QED) is 0.162. The van der Waals surface area contributed by atoms with E-state index in [1.807, 2.05) is 30.3 Å². The standard InChI is InChI=1S/C36H36Cl3N3O4S/c37-28-18-20-32(21-19-28)47(45,46)42(31-16-9-13-29(38)23-31)25-35(43)41(24-27-12-7-8-17-33(27)39)34(22-26-10-3-1-4-11-26)36(44)40-30-14-5-2-6-15-30/h1,3-4,7-13,16-21,23,30,34H,2,5-6,14-15,22,24-25H2,(H,40,44)/t34-/m0/s1. The Morgan fingerprint density at radius 3 is 2.15 bits per heavy atom. The van der Waals surface area contributed by atoms with Crippen molar-refractivity contribution in [3.05, 3.63) is 129 Å². The van der Waals surface area contributed by atoms with Crippen molar-refractivity contribution < 1.29 is 18.0 Å². The number of sulfonamides is 1. The highest BCUT2D eigenvalue weighted by Crippen LogP contribution is 2.29. The molecule has 4 aromatic carbocycles. The van der Waals surface area contributed by atoms with Crippen LogP contribution in [0.3, 0.4) is 0 Å². The predicted octanol–water partition coefficient (Wildman–Crippen LogP) is 7.93. The maximum absolute atomic E-state index is 14.6. The van der Waals surface area contributed by atoms with E-state index in [4.69, 9.17) is 34.8 Å². The molecule has 0 heterocycles. The molecule has 0 aliphatic heterocycles. The Labute approximate surface area is 291 Å². The largest absolute Gasteiger partial charge is 0.352 e. The lowest BCUT2D eigenvalue weighted by molar-refractivity contribution is -0.140. The van der Waals surface area contributed by atoms with Gasteiger partial charge < -0.3 is 10.2 Å². The molecule has 1 fully saturated rings. The van der Waals surface area contributed by atoms with Crippen molar-refractivity contribution >= 4 is 62.3 Å². The summed E-state index contributed by atoms with van der Waals surface area (Å²) >= 11 is 19.0. The molecular weight excluding hydrogens is 677 g/mol. The van der Waals surface area contributed by atoms with Gasteiger partial charge in [0.05, 0.1) is 10.6 Å². The Kier molecular flexibility index (Phi) is 11.9. The molecule has 0 aromatic heterocycles. The molecule has 0 saturated heterocycles. The fourth-order valence-electron chi connectivity index (χ4n) is 5.80. The number of carbonyl (C=O) groups is 2. The summed E-state index contributed by atoms with van der Waals surface area (Å²) in [4.78, 5) is 30.2. The molecule has 0 radical (unpaired) electrons. The first kappa shape index (κ1) is 34.8. The van der Waals surface area contributed by atoms with E-state index >= 15 is 0 Å². The number of hydrogen-bond acceptors (Lipinski definition) is 4. The minimum absolute atomic E-state index is 0.0000280. The minimum Gasteiger partial charge on any atom is -0.352 e. The van der Waals surface area contributed by atoms with E-state index in [9.17, 15) is 18.0 Å². The summed E-state index contributed by atoms with van der Waals surface area (Å²) in [7, 11) is -4.28. The van der Waals surface area contributed by atoms with Gasteiger partial charge in [-0.15, -0.1) is 0 Å². The second-order valence-corrected chi connectivity index (χ2v) is 14.7. The number of nitrogens with zero attached hydrogens (tertiary/aromatic N) is 2. The van der Waals surface area contributed by atoms with Crippen LogP contribution in [-0.2, 0) is 32.6 Å². The average Bonchev–Trinajstić information content (AvgIpc) is 3.07. The number of nitrogens with one attached hydrogen (secondary N) is 1. The fraction of sp³-hybridized carbons (Fsp3) is 0.278. The van der Waals surface area contributed by atoms with E-state index in [0.717, 1.165) is 42.0 Å². The molecule has 47 heavy (non-hydrogen) atoms. The number of benzene rings is 4. The Balaban J connectivity index is 1.57. The van der Waals surface area contributed by atoms with Crippen LogP contribution in [0.25, 0.3) is 0 Å². The second kappa shape index (κ2) is 16.0. The van der Waals surface area contributed by atoms with E-state index in [0.29, 0.717) is 20.6 Å². The molecule has 4 aromatic rings. The molecule has 1 saturated carbocycles. The highest BCUT2D eigenvalue weighted by atomic mass is 35.5. The lowest BCUT2D eigenvalue weighted by atomic mass is 9.94. The van der Waals surface area contributed by atoms with Crippen LogP contribution in [0.15, 0.2) is 108 Å². The first-order valence-electron chi connectivity index (χ1n) is 15.5. The second-order valence-electron chi connectivity index (χ2n) is 11.6. The van der Waals surface area contributed by atoms with Crippen molar-refractivity contribution in [3.8, 4) is 0 Å².